The molecule has 1 heterocycles. The molecule has 0 aromatic heterocycles. The van der Waals surface area contributed by atoms with Crippen molar-refractivity contribution >= 4 is 34.3 Å². The first-order chi connectivity index (χ1) is 14.7. The second-order valence-electron chi connectivity index (χ2n) is 7.18. The molecule has 0 unspecified atom stereocenters. The fraction of sp³-hybridized carbons (Fsp3) is 0.0769. The van der Waals surface area contributed by atoms with Gasteiger partial charge in [0, 0.05) is 16.9 Å². The SMILES string of the molecule is O=C1N=C(c2cccc3ccccc23)O[C@@]1(Cc1ccccc1)Sc1ccccc1. The third kappa shape index (κ3) is 3.51. The maximum Gasteiger partial charge on any atom is 0.304 e. The first-order valence-corrected chi connectivity index (χ1v) is 10.6. The van der Waals surface area contributed by atoms with E-state index in [9.17, 15) is 4.79 Å². The molecule has 5 rings (SSSR count). The number of aliphatic imine (C=N–C) groups is 1. The van der Waals surface area contributed by atoms with Crippen LogP contribution < -0.4 is 0 Å². The van der Waals surface area contributed by atoms with Crippen molar-refractivity contribution in [3.63, 3.8) is 0 Å². The van der Waals surface area contributed by atoms with Crippen molar-refractivity contribution in [1.82, 2.24) is 0 Å². The number of fused-ring (bicyclic) bond motifs is 1. The van der Waals surface area contributed by atoms with Gasteiger partial charge in [0.2, 0.25) is 10.8 Å². The average Bonchev–Trinajstić information content (AvgIpc) is 3.10. The van der Waals surface area contributed by atoms with Gasteiger partial charge in [-0.25, -0.2) is 0 Å². The number of carbonyl (C=O) groups excluding carboxylic acids is 1. The highest BCUT2D eigenvalue weighted by Crippen LogP contribution is 2.42. The number of thioether (sulfide) groups is 1. The summed E-state index contributed by atoms with van der Waals surface area (Å²) in [5.41, 5.74) is 1.87. The summed E-state index contributed by atoms with van der Waals surface area (Å²) in [6, 6.07) is 33.8. The van der Waals surface area contributed by atoms with E-state index in [2.05, 4.69) is 4.99 Å². The van der Waals surface area contributed by atoms with Crippen LogP contribution in [0.1, 0.15) is 11.1 Å². The van der Waals surface area contributed by atoms with Crippen molar-refractivity contribution in [2.75, 3.05) is 0 Å². The summed E-state index contributed by atoms with van der Waals surface area (Å²) in [6.45, 7) is 0. The number of amides is 1. The Morgan fingerprint density at radius 3 is 2.23 bits per heavy atom. The molecule has 1 aliphatic heterocycles. The standard InChI is InChI=1S/C26H19NO2S/c28-25-26(18-19-10-3-1-4-11-19,30-21-14-5-2-6-15-21)29-24(27-25)23-17-9-13-20-12-7-8-16-22(20)23/h1-17H,18H2/t26-/m0/s1. The van der Waals surface area contributed by atoms with E-state index in [1.807, 2.05) is 103 Å². The maximum atomic E-state index is 13.3. The molecule has 4 heteroatoms. The van der Waals surface area contributed by atoms with E-state index < -0.39 is 4.93 Å². The minimum atomic E-state index is -1.13. The number of nitrogens with zero attached hydrogens (tertiary/aromatic N) is 1. The molecule has 0 radical (unpaired) electrons. The van der Waals surface area contributed by atoms with Gasteiger partial charge in [0.15, 0.2) is 0 Å². The van der Waals surface area contributed by atoms with Crippen LogP contribution in [0, 0.1) is 0 Å². The van der Waals surface area contributed by atoms with Crippen molar-refractivity contribution in [2.24, 2.45) is 4.99 Å². The van der Waals surface area contributed by atoms with E-state index in [0.29, 0.717) is 12.3 Å². The Bertz CT molecular complexity index is 1190. The number of benzene rings is 4. The lowest BCUT2D eigenvalue weighted by Gasteiger charge is -2.26. The van der Waals surface area contributed by atoms with Crippen molar-refractivity contribution in [1.29, 1.82) is 0 Å². The molecule has 3 nitrogen and oxygen atoms in total. The summed E-state index contributed by atoms with van der Waals surface area (Å²) in [5.74, 6) is 0.124. The zero-order valence-electron chi connectivity index (χ0n) is 16.2. The van der Waals surface area contributed by atoms with Gasteiger partial charge < -0.3 is 4.74 Å². The maximum absolute atomic E-state index is 13.3. The van der Waals surface area contributed by atoms with Crippen LogP contribution in [0.4, 0.5) is 0 Å². The molecule has 146 valence electrons. The van der Waals surface area contributed by atoms with Crippen LogP contribution >= 0.6 is 11.8 Å². The smallest absolute Gasteiger partial charge is 0.304 e. The molecule has 0 saturated carbocycles. The highest BCUT2D eigenvalue weighted by Gasteiger charge is 2.48. The minimum Gasteiger partial charge on any atom is -0.449 e. The zero-order valence-corrected chi connectivity index (χ0v) is 17.0. The van der Waals surface area contributed by atoms with Crippen LogP contribution in [-0.4, -0.2) is 16.7 Å². The zero-order chi connectivity index (χ0) is 20.4. The van der Waals surface area contributed by atoms with Crippen molar-refractivity contribution in [3.05, 3.63) is 114 Å². The van der Waals surface area contributed by atoms with Crippen LogP contribution in [-0.2, 0) is 16.0 Å². The number of carbonyl (C=O) groups is 1. The van der Waals surface area contributed by atoms with Crippen LogP contribution in [0.25, 0.3) is 10.8 Å². The third-order valence-corrected chi connectivity index (χ3v) is 6.36. The molecule has 1 amide bonds. The predicted molar refractivity (Wildman–Crippen MR) is 122 cm³/mol. The lowest BCUT2D eigenvalue weighted by molar-refractivity contribution is -0.124. The molecule has 4 aromatic carbocycles. The summed E-state index contributed by atoms with van der Waals surface area (Å²) in [5, 5.41) is 2.11. The molecular formula is C26H19NO2S. The lowest BCUT2D eigenvalue weighted by Crippen LogP contribution is -2.36. The van der Waals surface area contributed by atoms with Crippen molar-refractivity contribution in [2.45, 2.75) is 16.2 Å². The largest absolute Gasteiger partial charge is 0.449 e. The van der Waals surface area contributed by atoms with E-state index in [0.717, 1.165) is 26.8 Å². The molecule has 0 spiro atoms. The van der Waals surface area contributed by atoms with Gasteiger partial charge in [0.05, 0.1) is 0 Å². The van der Waals surface area contributed by atoms with Gasteiger partial charge in [-0.2, -0.15) is 4.99 Å². The first kappa shape index (κ1) is 18.6. The van der Waals surface area contributed by atoms with Crippen molar-refractivity contribution < 1.29 is 9.53 Å². The molecule has 1 atom stereocenters. The topological polar surface area (TPSA) is 38.7 Å². The highest BCUT2D eigenvalue weighted by molar-refractivity contribution is 8.01. The fourth-order valence-electron chi connectivity index (χ4n) is 3.68. The van der Waals surface area contributed by atoms with Crippen LogP contribution in [0.15, 0.2) is 113 Å². The number of hydrogen-bond donors (Lipinski definition) is 0. The van der Waals surface area contributed by atoms with Crippen LogP contribution in [0.3, 0.4) is 0 Å². The fourth-order valence-corrected chi connectivity index (χ4v) is 4.85. The van der Waals surface area contributed by atoms with Gasteiger partial charge in [0.25, 0.3) is 0 Å². The molecule has 0 bridgehead atoms. The van der Waals surface area contributed by atoms with E-state index in [1.165, 1.54) is 11.8 Å². The summed E-state index contributed by atoms with van der Waals surface area (Å²) in [4.78, 5) is 17.5. The Morgan fingerprint density at radius 1 is 0.767 bits per heavy atom. The molecule has 1 aliphatic rings. The van der Waals surface area contributed by atoms with E-state index in [1.54, 1.807) is 0 Å². The Balaban J connectivity index is 1.56. The lowest BCUT2D eigenvalue weighted by atomic mass is 10.0. The number of ether oxygens (including phenoxy) is 1. The molecular weight excluding hydrogens is 390 g/mol. The molecule has 30 heavy (non-hydrogen) atoms. The van der Waals surface area contributed by atoms with Crippen molar-refractivity contribution in [3.8, 4) is 0 Å². The third-order valence-electron chi connectivity index (χ3n) is 5.12. The Morgan fingerprint density at radius 2 is 1.43 bits per heavy atom. The Labute approximate surface area is 179 Å². The van der Waals surface area contributed by atoms with Gasteiger partial charge in [-0.15, -0.1) is 0 Å². The Kier molecular flexibility index (Phi) is 4.85. The molecule has 4 aromatic rings. The van der Waals surface area contributed by atoms with Crippen LogP contribution in [0.5, 0.6) is 0 Å². The second-order valence-corrected chi connectivity index (χ2v) is 8.52. The molecule has 0 saturated heterocycles. The second kappa shape index (κ2) is 7.81. The van der Waals surface area contributed by atoms with Crippen LogP contribution in [0.2, 0.25) is 0 Å². The molecule has 0 aliphatic carbocycles. The first-order valence-electron chi connectivity index (χ1n) is 9.82. The summed E-state index contributed by atoms with van der Waals surface area (Å²) in [7, 11) is 0. The number of rotatable bonds is 5. The Hall–Kier alpha value is -3.37. The summed E-state index contributed by atoms with van der Waals surface area (Å²) >= 11 is 1.42. The van der Waals surface area contributed by atoms with E-state index in [4.69, 9.17) is 4.74 Å². The highest BCUT2D eigenvalue weighted by atomic mass is 32.2. The van der Waals surface area contributed by atoms with E-state index >= 15 is 0 Å². The minimum absolute atomic E-state index is 0.261. The van der Waals surface area contributed by atoms with Gasteiger partial charge in [0.1, 0.15) is 0 Å². The van der Waals surface area contributed by atoms with Gasteiger partial charge in [-0.3, -0.25) is 4.79 Å². The summed E-state index contributed by atoms with van der Waals surface area (Å²) < 4.78 is 6.43. The molecule has 0 N–H and O–H groups in total. The van der Waals surface area contributed by atoms with Gasteiger partial charge >= 0.3 is 5.91 Å². The van der Waals surface area contributed by atoms with Gasteiger partial charge in [-0.05, 0) is 34.5 Å². The molecule has 0 fully saturated rings. The number of hydrogen-bond acceptors (Lipinski definition) is 3. The average molecular weight is 410 g/mol. The van der Waals surface area contributed by atoms with E-state index in [-0.39, 0.29) is 5.91 Å². The van der Waals surface area contributed by atoms with Gasteiger partial charge in [-0.1, -0.05) is 96.7 Å². The quantitative estimate of drug-likeness (QED) is 0.413. The summed E-state index contributed by atoms with van der Waals surface area (Å²) in [6.07, 6.45) is 0.435. The normalized spacial score (nSPS) is 18.3. The monoisotopic (exact) mass is 409 g/mol. The predicted octanol–water partition coefficient (Wildman–Crippen LogP) is 5.87.